The van der Waals surface area contributed by atoms with Crippen molar-refractivity contribution >= 4 is 6.29 Å². The number of alkyl halides is 4. The van der Waals surface area contributed by atoms with Gasteiger partial charge in [0, 0.05) is 36.8 Å². The van der Waals surface area contributed by atoms with Crippen LogP contribution in [-0.2, 0) is 21.9 Å². The van der Waals surface area contributed by atoms with Gasteiger partial charge in [-0.15, -0.1) is 0 Å². The normalized spacial score (nSPS) is 21.8. The minimum Gasteiger partial charge on any atom is -0.435 e. The molecule has 1 aromatic heterocycles. The molecule has 5 nitrogen and oxygen atoms in total. The third kappa shape index (κ3) is 3.88. The first kappa shape index (κ1) is 19.9. The maximum absolute atomic E-state index is 15.1. The van der Waals surface area contributed by atoms with Crippen LogP contribution in [0, 0.1) is 5.92 Å². The predicted molar refractivity (Wildman–Crippen MR) is 95.2 cm³/mol. The first-order chi connectivity index (χ1) is 13.9. The van der Waals surface area contributed by atoms with E-state index in [1.54, 1.807) is 4.68 Å². The lowest BCUT2D eigenvalue weighted by Crippen LogP contribution is -2.31. The number of rotatable bonds is 5. The van der Waals surface area contributed by atoms with Crippen molar-refractivity contribution in [1.82, 2.24) is 9.78 Å². The van der Waals surface area contributed by atoms with Crippen molar-refractivity contribution in [2.24, 2.45) is 5.92 Å². The molecule has 1 saturated heterocycles. The lowest BCUT2D eigenvalue weighted by atomic mass is 9.83. The van der Waals surface area contributed by atoms with E-state index in [9.17, 15) is 13.6 Å². The molecular weight excluding hydrogens is 392 g/mol. The standard InChI is InChI=1S/C20H20F4N2O3/c21-19(22)29-15-3-1-2-13(9-15)18-17-16(8-12(11-27)10-20(17,23)24)26(25-18)14-4-6-28-7-5-14/h1-3,9,11-12,14,19H,4-8,10H2. The third-order valence-electron chi connectivity index (χ3n) is 5.41. The van der Waals surface area contributed by atoms with Crippen LogP contribution in [0.1, 0.15) is 36.6 Å². The topological polar surface area (TPSA) is 53.3 Å². The minimum atomic E-state index is -3.25. The van der Waals surface area contributed by atoms with Crippen molar-refractivity contribution in [2.75, 3.05) is 13.2 Å². The summed E-state index contributed by atoms with van der Waals surface area (Å²) in [6, 6.07) is 5.50. The molecule has 1 unspecified atom stereocenters. The van der Waals surface area contributed by atoms with E-state index in [2.05, 4.69) is 9.84 Å². The summed E-state index contributed by atoms with van der Waals surface area (Å²) in [6.07, 6.45) is 1.39. The minimum absolute atomic E-state index is 0.0422. The van der Waals surface area contributed by atoms with Crippen LogP contribution < -0.4 is 4.74 Å². The number of aromatic nitrogens is 2. The summed E-state index contributed by atoms with van der Waals surface area (Å²) < 4.78 is 66.7. The third-order valence-corrected chi connectivity index (χ3v) is 5.41. The van der Waals surface area contributed by atoms with Crippen LogP contribution in [0.2, 0.25) is 0 Å². The number of aldehydes is 1. The molecule has 0 bridgehead atoms. The molecule has 0 amide bonds. The van der Waals surface area contributed by atoms with Crippen LogP contribution in [0.5, 0.6) is 5.75 Å². The van der Waals surface area contributed by atoms with Gasteiger partial charge in [0.15, 0.2) is 0 Å². The van der Waals surface area contributed by atoms with Crippen LogP contribution >= 0.6 is 0 Å². The molecule has 0 spiro atoms. The van der Waals surface area contributed by atoms with E-state index < -0.39 is 24.9 Å². The lowest BCUT2D eigenvalue weighted by molar-refractivity contribution is -0.116. The number of carbonyl (C=O) groups is 1. The van der Waals surface area contributed by atoms with Gasteiger partial charge in [-0.05, 0) is 31.4 Å². The first-order valence-corrected chi connectivity index (χ1v) is 9.47. The summed E-state index contributed by atoms with van der Waals surface area (Å²) >= 11 is 0. The number of ether oxygens (including phenoxy) is 2. The fourth-order valence-electron chi connectivity index (χ4n) is 4.15. The second-order valence-corrected chi connectivity index (χ2v) is 7.37. The first-order valence-electron chi connectivity index (χ1n) is 9.47. The zero-order chi connectivity index (χ0) is 20.6. The van der Waals surface area contributed by atoms with Gasteiger partial charge in [-0.25, -0.2) is 8.78 Å². The average molecular weight is 412 g/mol. The Balaban J connectivity index is 1.84. The van der Waals surface area contributed by atoms with E-state index in [0.717, 1.165) is 0 Å². The van der Waals surface area contributed by atoms with Crippen LogP contribution in [0.25, 0.3) is 11.3 Å². The highest BCUT2D eigenvalue weighted by molar-refractivity contribution is 5.68. The fourth-order valence-corrected chi connectivity index (χ4v) is 4.15. The molecular formula is C20H20F4N2O3. The highest BCUT2D eigenvalue weighted by Gasteiger charge is 2.46. The highest BCUT2D eigenvalue weighted by Crippen LogP contribution is 2.47. The molecule has 4 rings (SSSR count). The number of fused-ring (bicyclic) bond motifs is 1. The summed E-state index contributed by atoms with van der Waals surface area (Å²) in [5.41, 5.74) is 0.423. The van der Waals surface area contributed by atoms with Gasteiger partial charge in [0.1, 0.15) is 17.7 Å². The Bertz CT molecular complexity index is 894. The molecule has 2 heterocycles. The van der Waals surface area contributed by atoms with Gasteiger partial charge in [-0.3, -0.25) is 4.68 Å². The number of hydrogen-bond donors (Lipinski definition) is 0. The van der Waals surface area contributed by atoms with Crippen molar-refractivity contribution in [2.45, 2.75) is 44.3 Å². The van der Waals surface area contributed by atoms with E-state index in [-0.39, 0.29) is 35.0 Å². The van der Waals surface area contributed by atoms with Crippen LogP contribution in [0.4, 0.5) is 17.6 Å². The number of benzene rings is 1. The van der Waals surface area contributed by atoms with Crippen molar-refractivity contribution < 1.29 is 31.8 Å². The fraction of sp³-hybridized carbons (Fsp3) is 0.500. The quantitative estimate of drug-likeness (QED) is 0.541. The van der Waals surface area contributed by atoms with Crippen LogP contribution in [0.15, 0.2) is 24.3 Å². The van der Waals surface area contributed by atoms with Gasteiger partial charge in [0.05, 0.1) is 11.6 Å². The molecule has 1 fully saturated rings. The van der Waals surface area contributed by atoms with Crippen LogP contribution in [-0.4, -0.2) is 35.9 Å². The molecule has 1 atom stereocenters. The predicted octanol–water partition coefficient (Wildman–Crippen LogP) is 4.36. The summed E-state index contributed by atoms with van der Waals surface area (Å²) in [5, 5.41) is 4.49. The summed E-state index contributed by atoms with van der Waals surface area (Å²) in [6.45, 7) is -2.02. The number of hydrogen-bond acceptors (Lipinski definition) is 4. The Labute approximate surface area is 164 Å². The molecule has 9 heteroatoms. The maximum Gasteiger partial charge on any atom is 0.387 e. The smallest absolute Gasteiger partial charge is 0.387 e. The summed E-state index contributed by atoms with van der Waals surface area (Å²) in [5.74, 6) is -4.18. The molecule has 0 radical (unpaired) electrons. The number of halogens is 4. The van der Waals surface area contributed by atoms with Gasteiger partial charge in [0.25, 0.3) is 5.92 Å². The van der Waals surface area contributed by atoms with Gasteiger partial charge >= 0.3 is 6.61 Å². The maximum atomic E-state index is 15.1. The average Bonchev–Trinajstić information content (AvgIpc) is 3.08. The number of nitrogens with zero attached hydrogens (tertiary/aromatic N) is 2. The van der Waals surface area contributed by atoms with Gasteiger partial charge in [-0.1, -0.05) is 12.1 Å². The van der Waals surface area contributed by atoms with Crippen molar-refractivity contribution in [3.63, 3.8) is 0 Å². The molecule has 1 aliphatic carbocycles. The Kier molecular flexibility index (Phi) is 5.33. The SMILES string of the molecule is O=CC1Cc2c(c(-c3cccc(OC(F)F)c3)nn2C2CCOCC2)C(F)(F)C1. The van der Waals surface area contributed by atoms with E-state index in [0.29, 0.717) is 38.0 Å². The van der Waals surface area contributed by atoms with Gasteiger partial charge in [0.2, 0.25) is 0 Å². The summed E-state index contributed by atoms with van der Waals surface area (Å²) in [7, 11) is 0. The molecule has 1 aromatic carbocycles. The summed E-state index contributed by atoms with van der Waals surface area (Å²) in [4.78, 5) is 11.3. The monoisotopic (exact) mass is 412 g/mol. The van der Waals surface area contributed by atoms with Gasteiger partial charge in [-0.2, -0.15) is 13.9 Å². The second-order valence-electron chi connectivity index (χ2n) is 7.37. The molecule has 156 valence electrons. The Morgan fingerprint density at radius 2 is 2.03 bits per heavy atom. The zero-order valence-corrected chi connectivity index (χ0v) is 15.5. The van der Waals surface area contributed by atoms with E-state index in [1.165, 1.54) is 24.3 Å². The van der Waals surface area contributed by atoms with Gasteiger partial charge < -0.3 is 14.3 Å². The Morgan fingerprint density at radius 3 is 2.72 bits per heavy atom. The molecule has 29 heavy (non-hydrogen) atoms. The zero-order valence-electron chi connectivity index (χ0n) is 15.5. The Morgan fingerprint density at radius 1 is 1.28 bits per heavy atom. The van der Waals surface area contributed by atoms with E-state index in [1.807, 2.05) is 0 Å². The Hall–Kier alpha value is -2.42. The molecule has 1 aliphatic heterocycles. The van der Waals surface area contributed by atoms with Crippen molar-refractivity contribution in [3.05, 3.63) is 35.5 Å². The number of carbonyl (C=O) groups excluding carboxylic acids is 1. The van der Waals surface area contributed by atoms with Crippen molar-refractivity contribution in [3.8, 4) is 17.0 Å². The van der Waals surface area contributed by atoms with Crippen molar-refractivity contribution in [1.29, 1.82) is 0 Å². The molecule has 0 N–H and O–H groups in total. The second kappa shape index (κ2) is 7.78. The van der Waals surface area contributed by atoms with Crippen LogP contribution in [0.3, 0.4) is 0 Å². The highest BCUT2D eigenvalue weighted by atomic mass is 19.3. The molecule has 2 aromatic rings. The van der Waals surface area contributed by atoms with E-state index >= 15 is 8.78 Å². The van der Waals surface area contributed by atoms with E-state index in [4.69, 9.17) is 4.74 Å². The lowest BCUT2D eigenvalue weighted by Gasteiger charge is -2.30. The molecule has 2 aliphatic rings. The largest absolute Gasteiger partial charge is 0.435 e. The molecule has 0 saturated carbocycles.